The van der Waals surface area contributed by atoms with Crippen LogP contribution in [0.2, 0.25) is 0 Å². The summed E-state index contributed by atoms with van der Waals surface area (Å²) in [5.41, 5.74) is 3.49. The summed E-state index contributed by atoms with van der Waals surface area (Å²) < 4.78 is 13.1. The van der Waals surface area contributed by atoms with Crippen LogP contribution in [0, 0.1) is 6.92 Å². The molecule has 1 aromatic carbocycles. The minimum Gasteiger partial charge on any atom is -0.483 e. The molecule has 1 aliphatic heterocycles. The highest BCUT2D eigenvalue weighted by atomic mass is 16.6. The Morgan fingerprint density at radius 2 is 2.13 bits per heavy atom. The van der Waals surface area contributed by atoms with Gasteiger partial charge in [-0.05, 0) is 46.9 Å². The van der Waals surface area contributed by atoms with E-state index in [1.807, 2.05) is 6.92 Å². The third-order valence-corrected chi connectivity index (χ3v) is 4.67. The van der Waals surface area contributed by atoms with Crippen molar-refractivity contribution in [3.05, 3.63) is 23.5 Å². The maximum Gasteiger partial charge on any atom is 0.153 e. The molecule has 2 heterocycles. The zero-order chi connectivity index (χ0) is 16.6. The van der Waals surface area contributed by atoms with Crippen molar-refractivity contribution in [1.82, 2.24) is 20.2 Å². The third kappa shape index (κ3) is 2.97. The van der Waals surface area contributed by atoms with Crippen molar-refractivity contribution in [2.24, 2.45) is 0 Å². The number of aromatic nitrogens is 4. The van der Waals surface area contributed by atoms with Crippen LogP contribution in [0.15, 0.2) is 12.1 Å². The van der Waals surface area contributed by atoms with Crippen LogP contribution in [0.25, 0.3) is 5.69 Å². The summed E-state index contributed by atoms with van der Waals surface area (Å²) >= 11 is 0. The molecule has 1 saturated heterocycles. The second-order valence-electron chi connectivity index (χ2n) is 6.79. The topological polar surface area (TPSA) is 62.1 Å². The SMILES string of the molecule is Bc1cc(OC2COC2)c(-n2nnnc2C)cc1C(C)(C)CC. The minimum atomic E-state index is 0.0822. The lowest BCUT2D eigenvalue weighted by molar-refractivity contribution is -0.0796. The number of tetrazole rings is 1. The first-order chi connectivity index (χ1) is 10.9. The lowest BCUT2D eigenvalue weighted by Gasteiger charge is -2.30. The molecule has 7 heteroatoms. The quantitative estimate of drug-likeness (QED) is 0.760. The van der Waals surface area contributed by atoms with Crippen LogP contribution in [0.3, 0.4) is 0 Å². The van der Waals surface area contributed by atoms with Gasteiger partial charge < -0.3 is 9.47 Å². The summed E-state index contributed by atoms with van der Waals surface area (Å²) in [7, 11) is 2.13. The number of ether oxygens (including phenoxy) is 2. The number of nitrogens with zero attached hydrogens (tertiary/aromatic N) is 4. The van der Waals surface area contributed by atoms with Gasteiger partial charge in [-0.3, -0.25) is 0 Å². The normalized spacial score (nSPS) is 15.5. The van der Waals surface area contributed by atoms with Crippen molar-refractivity contribution in [3.63, 3.8) is 0 Å². The van der Waals surface area contributed by atoms with Crippen molar-refractivity contribution in [1.29, 1.82) is 0 Å². The molecule has 0 bridgehead atoms. The molecule has 6 nitrogen and oxygen atoms in total. The third-order valence-electron chi connectivity index (χ3n) is 4.67. The number of rotatable bonds is 5. The molecule has 1 aromatic heterocycles. The van der Waals surface area contributed by atoms with Crippen molar-refractivity contribution >= 4 is 13.3 Å². The maximum absolute atomic E-state index is 6.10. The molecule has 0 unspecified atom stereocenters. The molecule has 0 N–H and O–H groups in total. The van der Waals surface area contributed by atoms with E-state index in [0.717, 1.165) is 23.7 Å². The fourth-order valence-electron chi connectivity index (χ4n) is 2.77. The molecular formula is C16H23BN4O2. The molecular weight excluding hydrogens is 291 g/mol. The Bertz CT molecular complexity index is 710. The molecule has 0 atom stereocenters. The van der Waals surface area contributed by atoms with Crippen LogP contribution in [-0.2, 0) is 10.2 Å². The van der Waals surface area contributed by atoms with Gasteiger partial charge in [-0.1, -0.05) is 26.2 Å². The minimum absolute atomic E-state index is 0.0822. The van der Waals surface area contributed by atoms with Gasteiger partial charge in [0.1, 0.15) is 25.4 Å². The average molecular weight is 314 g/mol. The predicted molar refractivity (Wildman–Crippen MR) is 90.6 cm³/mol. The Balaban J connectivity index is 2.11. The van der Waals surface area contributed by atoms with E-state index in [2.05, 4.69) is 56.3 Å². The fourth-order valence-corrected chi connectivity index (χ4v) is 2.77. The number of hydrogen-bond acceptors (Lipinski definition) is 5. The first-order valence-electron chi connectivity index (χ1n) is 8.07. The van der Waals surface area contributed by atoms with E-state index in [1.54, 1.807) is 4.68 Å². The second kappa shape index (κ2) is 5.96. The maximum atomic E-state index is 6.10. The first-order valence-corrected chi connectivity index (χ1v) is 8.07. The van der Waals surface area contributed by atoms with E-state index in [1.165, 1.54) is 11.0 Å². The molecule has 3 rings (SSSR count). The number of hydrogen-bond donors (Lipinski definition) is 0. The fraction of sp³-hybridized carbons (Fsp3) is 0.562. The summed E-state index contributed by atoms with van der Waals surface area (Å²) in [5, 5.41) is 11.9. The molecule has 0 spiro atoms. The van der Waals surface area contributed by atoms with Gasteiger partial charge in [0.15, 0.2) is 5.82 Å². The highest BCUT2D eigenvalue weighted by molar-refractivity contribution is 6.33. The molecule has 0 saturated carbocycles. The van der Waals surface area contributed by atoms with Gasteiger partial charge in [-0.25, -0.2) is 0 Å². The van der Waals surface area contributed by atoms with Crippen molar-refractivity contribution < 1.29 is 9.47 Å². The highest BCUT2D eigenvalue weighted by Crippen LogP contribution is 2.32. The summed E-state index contributed by atoms with van der Waals surface area (Å²) in [6.45, 7) is 9.88. The van der Waals surface area contributed by atoms with Gasteiger partial charge in [0.05, 0.1) is 13.2 Å². The van der Waals surface area contributed by atoms with Crippen molar-refractivity contribution in [2.75, 3.05) is 13.2 Å². The van der Waals surface area contributed by atoms with Crippen LogP contribution in [0.4, 0.5) is 0 Å². The molecule has 122 valence electrons. The highest BCUT2D eigenvalue weighted by Gasteiger charge is 2.26. The van der Waals surface area contributed by atoms with Crippen LogP contribution >= 0.6 is 0 Å². The van der Waals surface area contributed by atoms with Gasteiger partial charge in [0.25, 0.3) is 0 Å². The summed E-state index contributed by atoms with van der Waals surface area (Å²) in [6, 6.07) is 4.26. The van der Waals surface area contributed by atoms with Crippen LogP contribution in [0.1, 0.15) is 38.6 Å². The lowest BCUT2D eigenvalue weighted by Crippen LogP contribution is -2.39. The summed E-state index contributed by atoms with van der Waals surface area (Å²) in [4.78, 5) is 0. The Hall–Kier alpha value is -1.89. The van der Waals surface area contributed by atoms with Crippen molar-refractivity contribution in [3.8, 4) is 11.4 Å². The van der Waals surface area contributed by atoms with Crippen LogP contribution < -0.4 is 10.2 Å². The van der Waals surface area contributed by atoms with Gasteiger partial charge >= 0.3 is 0 Å². The Morgan fingerprint density at radius 1 is 1.39 bits per heavy atom. The number of aryl methyl sites for hydroxylation is 1. The van der Waals surface area contributed by atoms with E-state index in [-0.39, 0.29) is 11.5 Å². The molecule has 0 radical (unpaired) electrons. The van der Waals surface area contributed by atoms with Gasteiger partial charge in [0, 0.05) is 0 Å². The van der Waals surface area contributed by atoms with Gasteiger partial charge in [0.2, 0.25) is 0 Å². The first kappa shape index (κ1) is 16.0. The Labute approximate surface area is 137 Å². The molecule has 1 aliphatic rings. The van der Waals surface area contributed by atoms with Gasteiger partial charge in [-0.2, -0.15) is 4.68 Å². The number of benzene rings is 1. The monoisotopic (exact) mass is 314 g/mol. The Morgan fingerprint density at radius 3 is 2.65 bits per heavy atom. The standard InChI is InChI=1S/C16H23BN4O2/c1-5-16(3,4)12-6-14(21-10(2)18-19-20-21)15(7-13(12)17)23-11-8-22-9-11/h6-7,11H,5,8-9,17H2,1-4H3. The molecule has 0 amide bonds. The lowest BCUT2D eigenvalue weighted by atomic mass is 9.74. The molecule has 1 fully saturated rings. The van der Waals surface area contributed by atoms with Crippen molar-refractivity contribution in [2.45, 2.75) is 45.6 Å². The van der Waals surface area contributed by atoms with E-state index in [9.17, 15) is 0 Å². The largest absolute Gasteiger partial charge is 0.483 e. The summed E-state index contributed by atoms with van der Waals surface area (Å²) in [5.74, 6) is 1.55. The van der Waals surface area contributed by atoms with E-state index in [0.29, 0.717) is 13.2 Å². The van der Waals surface area contributed by atoms with Crippen LogP contribution in [0.5, 0.6) is 5.75 Å². The smallest absolute Gasteiger partial charge is 0.153 e. The summed E-state index contributed by atoms with van der Waals surface area (Å²) in [6.07, 6.45) is 1.16. The van der Waals surface area contributed by atoms with E-state index in [4.69, 9.17) is 9.47 Å². The predicted octanol–water partition coefficient (Wildman–Crippen LogP) is 0.694. The molecule has 2 aromatic rings. The van der Waals surface area contributed by atoms with E-state index < -0.39 is 0 Å². The van der Waals surface area contributed by atoms with Crippen LogP contribution in [-0.4, -0.2) is 47.4 Å². The zero-order valence-corrected chi connectivity index (χ0v) is 14.5. The average Bonchev–Trinajstić information content (AvgIpc) is 2.89. The van der Waals surface area contributed by atoms with E-state index >= 15 is 0 Å². The Kier molecular flexibility index (Phi) is 4.14. The van der Waals surface area contributed by atoms with Gasteiger partial charge in [-0.15, -0.1) is 5.10 Å². The molecule has 0 aliphatic carbocycles. The zero-order valence-electron chi connectivity index (χ0n) is 14.5. The second-order valence-corrected chi connectivity index (χ2v) is 6.79. The molecule has 23 heavy (non-hydrogen) atoms.